The van der Waals surface area contributed by atoms with Crippen LogP contribution in [0, 0.1) is 25.7 Å². The van der Waals surface area contributed by atoms with Gasteiger partial charge in [-0.15, -0.1) is 0 Å². The lowest BCUT2D eigenvalue weighted by atomic mass is 9.97. The Morgan fingerprint density at radius 3 is 2.52 bits per heavy atom. The molecule has 11 heteroatoms. The summed E-state index contributed by atoms with van der Waals surface area (Å²) in [6, 6.07) is 2.04. The van der Waals surface area contributed by atoms with Gasteiger partial charge < -0.3 is 14.2 Å². The molecular formula is C20H27N5O5S. The van der Waals surface area contributed by atoms with Gasteiger partial charge in [-0.05, 0) is 38.7 Å². The van der Waals surface area contributed by atoms with Gasteiger partial charge in [0.1, 0.15) is 10.6 Å². The molecule has 2 aromatic heterocycles. The quantitative estimate of drug-likeness (QED) is 0.622. The predicted octanol–water partition coefficient (Wildman–Crippen LogP) is 1.41. The summed E-state index contributed by atoms with van der Waals surface area (Å²) in [7, 11) is -3.62. The van der Waals surface area contributed by atoms with Crippen LogP contribution in [0.25, 0.3) is 0 Å². The van der Waals surface area contributed by atoms with Crippen molar-refractivity contribution >= 4 is 15.9 Å². The van der Waals surface area contributed by atoms with Gasteiger partial charge in [0.05, 0.1) is 6.61 Å². The largest absolute Gasteiger partial charge is 0.463 e. The van der Waals surface area contributed by atoms with Crippen LogP contribution >= 0.6 is 0 Å². The van der Waals surface area contributed by atoms with Crippen molar-refractivity contribution in [3.05, 3.63) is 29.9 Å². The summed E-state index contributed by atoms with van der Waals surface area (Å²) >= 11 is 0. The number of nitrogens with zero attached hydrogens (tertiary/aromatic N) is 5. The van der Waals surface area contributed by atoms with Crippen molar-refractivity contribution in [1.29, 1.82) is 0 Å². The third-order valence-electron chi connectivity index (χ3n) is 5.90. The summed E-state index contributed by atoms with van der Waals surface area (Å²) in [4.78, 5) is 22.6. The third kappa shape index (κ3) is 4.72. The Balaban J connectivity index is 1.27. The van der Waals surface area contributed by atoms with Crippen LogP contribution in [0.1, 0.15) is 30.7 Å². The van der Waals surface area contributed by atoms with Crippen molar-refractivity contribution < 1.29 is 22.5 Å². The normalized spacial score (nSPS) is 21.0. The third-order valence-corrected chi connectivity index (χ3v) is 8.05. The SMILES string of the molecule is Cc1noc(C)c1S(=O)(=O)N1CCC(CN2CC(COc3ncccn3)CC2=O)CC1. The Morgan fingerprint density at radius 1 is 1.16 bits per heavy atom. The van der Waals surface area contributed by atoms with Gasteiger partial charge in [0, 0.05) is 50.9 Å². The van der Waals surface area contributed by atoms with Gasteiger partial charge in [-0.1, -0.05) is 5.16 Å². The number of amides is 1. The fourth-order valence-corrected chi connectivity index (χ4v) is 6.07. The summed E-state index contributed by atoms with van der Waals surface area (Å²) < 4.78 is 38.1. The summed E-state index contributed by atoms with van der Waals surface area (Å²) in [6.07, 6.45) is 5.11. The monoisotopic (exact) mass is 449 g/mol. The average Bonchev–Trinajstić information content (AvgIpc) is 3.29. The van der Waals surface area contributed by atoms with Gasteiger partial charge in [-0.2, -0.15) is 4.31 Å². The molecule has 0 aliphatic carbocycles. The number of hydrogen-bond donors (Lipinski definition) is 0. The summed E-state index contributed by atoms with van der Waals surface area (Å²) in [6.45, 7) is 5.80. The van der Waals surface area contributed by atoms with E-state index >= 15 is 0 Å². The van der Waals surface area contributed by atoms with E-state index in [1.165, 1.54) is 4.31 Å². The molecular weight excluding hydrogens is 422 g/mol. The molecule has 1 atom stereocenters. The first kappa shape index (κ1) is 21.7. The average molecular weight is 450 g/mol. The van der Waals surface area contributed by atoms with Crippen LogP contribution < -0.4 is 4.74 Å². The molecule has 4 heterocycles. The van der Waals surface area contributed by atoms with Crippen LogP contribution in [-0.2, 0) is 14.8 Å². The number of sulfonamides is 1. The summed E-state index contributed by atoms with van der Waals surface area (Å²) in [5.74, 6) is 0.818. The van der Waals surface area contributed by atoms with E-state index in [1.807, 2.05) is 4.90 Å². The highest BCUT2D eigenvalue weighted by atomic mass is 32.2. The van der Waals surface area contributed by atoms with Crippen LogP contribution in [0.2, 0.25) is 0 Å². The second-order valence-electron chi connectivity index (χ2n) is 8.21. The Kier molecular flexibility index (Phi) is 6.24. The zero-order valence-electron chi connectivity index (χ0n) is 17.7. The first-order chi connectivity index (χ1) is 14.8. The topological polar surface area (TPSA) is 119 Å². The fraction of sp³-hybridized carbons (Fsp3) is 0.600. The molecule has 2 aliphatic heterocycles. The van der Waals surface area contributed by atoms with Crippen LogP contribution in [0.3, 0.4) is 0 Å². The van der Waals surface area contributed by atoms with Gasteiger partial charge in [0.25, 0.3) is 0 Å². The fourth-order valence-electron chi connectivity index (χ4n) is 4.31. The molecule has 0 saturated carbocycles. The number of carbonyl (C=O) groups excluding carboxylic acids is 1. The van der Waals surface area contributed by atoms with E-state index in [4.69, 9.17) is 9.26 Å². The standard InChI is InChI=1S/C20H27N5O5S/c1-14-19(15(2)30-23-14)31(27,28)25-8-4-16(5-9-25)11-24-12-17(10-18(24)26)13-29-20-21-6-3-7-22-20/h3,6-7,16-17H,4-5,8-13H2,1-2H3. The Labute approximate surface area is 181 Å². The highest BCUT2D eigenvalue weighted by molar-refractivity contribution is 7.89. The first-order valence-electron chi connectivity index (χ1n) is 10.4. The van der Waals surface area contributed by atoms with Gasteiger partial charge in [0.2, 0.25) is 15.9 Å². The van der Waals surface area contributed by atoms with E-state index in [9.17, 15) is 13.2 Å². The van der Waals surface area contributed by atoms with E-state index in [0.717, 1.165) is 0 Å². The molecule has 2 aliphatic rings. The second-order valence-corrected chi connectivity index (χ2v) is 10.1. The lowest BCUT2D eigenvalue weighted by molar-refractivity contribution is -0.128. The lowest BCUT2D eigenvalue weighted by Crippen LogP contribution is -2.42. The van der Waals surface area contributed by atoms with Crippen LogP contribution in [0.15, 0.2) is 27.9 Å². The molecule has 10 nitrogen and oxygen atoms in total. The Morgan fingerprint density at radius 2 is 1.87 bits per heavy atom. The van der Waals surface area contributed by atoms with Gasteiger partial charge in [0.15, 0.2) is 5.76 Å². The van der Waals surface area contributed by atoms with Crippen molar-refractivity contribution in [2.45, 2.75) is 38.0 Å². The number of carbonyl (C=O) groups is 1. The zero-order valence-corrected chi connectivity index (χ0v) is 18.5. The molecule has 0 radical (unpaired) electrons. The lowest BCUT2D eigenvalue weighted by Gasteiger charge is -2.33. The summed E-state index contributed by atoms with van der Waals surface area (Å²) in [5, 5.41) is 3.77. The molecule has 2 fully saturated rings. The van der Waals surface area contributed by atoms with E-state index in [0.29, 0.717) is 69.5 Å². The number of aryl methyl sites for hydroxylation is 2. The Hall–Kier alpha value is -2.53. The minimum absolute atomic E-state index is 0.108. The number of likely N-dealkylation sites (tertiary alicyclic amines) is 1. The predicted molar refractivity (Wildman–Crippen MR) is 110 cm³/mol. The maximum atomic E-state index is 13.0. The first-order valence-corrected chi connectivity index (χ1v) is 11.9. The number of hydrogen-bond acceptors (Lipinski definition) is 8. The van der Waals surface area contributed by atoms with Crippen molar-refractivity contribution in [3.8, 4) is 6.01 Å². The van der Waals surface area contributed by atoms with Crippen LogP contribution in [-0.4, -0.2) is 71.4 Å². The van der Waals surface area contributed by atoms with E-state index in [-0.39, 0.29) is 22.6 Å². The number of aromatic nitrogens is 3. The van der Waals surface area contributed by atoms with E-state index in [2.05, 4.69) is 15.1 Å². The minimum atomic E-state index is -3.62. The molecule has 4 rings (SSSR count). The molecule has 0 aromatic carbocycles. The number of piperidine rings is 1. The van der Waals surface area contributed by atoms with Gasteiger partial charge >= 0.3 is 6.01 Å². The molecule has 31 heavy (non-hydrogen) atoms. The molecule has 0 spiro atoms. The molecule has 2 saturated heterocycles. The summed E-state index contributed by atoms with van der Waals surface area (Å²) in [5.41, 5.74) is 0.386. The van der Waals surface area contributed by atoms with Crippen molar-refractivity contribution in [2.24, 2.45) is 11.8 Å². The maximum Gasteiger partial charge on any atom is 0.316 e. The number of rotatable bonds is 7. The maximum absolute atomic E-state index is 13.0. The molecule has 168 valence electrons. The Bertz CT molecular complexity index is 998. The van der Waals surface area contributed by atoms with Crippen LogP contribution in [0.5, 0.6) is 6.01 Å². The van der Waals surface area contributed by atoms with Gasteiger partial charge in [-0.3, -0.25) is 4.79 Å². The molecule has 0 bridgehead atoms. The molecule has 2 aromatic rings. The molecule has 1 amide bonds. The van der Waals surface area contributed by atoms with Crippen LogP contribution in [0.4, 0.5) is 0 Å². The van der Waals surface area contributed by atoms with Crippen molar-refractivity contribution in [2.75, 3.05) is 32.8 Å². The number of ether oxygens (including phenoxy) is 1. The smallest absolute Gasteiger partial charge is 0.316 e. The minimum Gasteiger partial charge on any atom is -0.463 e. The van der Waals surface area contributed by atoms with Crippen molar-refractivity contribution in [1.82, 2.24) is 24.3 Å². The highest BCUT2D eigenvalue weighted by Crippen LogP contribution is 2.29. The highest BCUT2D eigenvalue weighted by Gasteiger charge is 2.36. The van der Waals surface area contributed by atoms with E-state index < -0.39 is 10.0 Å². The molecule has 0 N–H and O–H groups in total. The second kappa shape index (κ2) is 8.91. The molecule has 1 unspecified atom stereocenters. The van der Waals surface area contributed by atoms with E-state index in [1.54, 1.807) is 32.3 Å². The zero-order chi connectivity index (χ0) is 22.0. The van der Waals surface area contributed by atoms with Crippen molar-refractivity contribution in [3.63, 3.8) is 0 Å². The van der Waals surface area contributed by atoms with Gasteiger partial charge in [-0.25, -0.2) is 18.4 Å².